The van der Waals surface area contributed by atoms with E-state index in [-0.39, 0.29) is 5.91 Å². The summed E-state index contributed by atoms with van der Waals surface area (Å²) in [6.45, 7) is 4.37. The SMILES string of the molecule is COc1ccc(CN(Cc2ccc(N3CCCC3=O)cc2)CC2CCCO2)cc1. The summed E-state index contributed by atoms with van der Waals surface area (Å²) >= 11 is 0. The maximum Gasteiger partial charge on any atom is 0.227 e. The summed E-state index contributed by atoms with van der Waals surface area (Å²) < 4.78 is 11.2. The quantitative estimate of drug-likeness (QED) is 0.679. The number of amides is 1. The van der Waals surface area contributed by atoms with E-state index < -0.39 is 0 Å². The molecule has 2 aliphatic rings. The van der Waals surface area contributed by atoms with Gasteiger partial charge in [-0.1, -0.05) is 24.3 Å². The van der Waals surface area contributed by atoms with Crippen LogP contribution < -0.4 is 9.64 Å². The van der Waals surface area contributed by atoms with Crippen LogP contribution in [0.4, 0.5) is 5.69 Å². The minimum Gasteiger partial charge on any atom is -0.497 e. The molecule has 2 heterocycles. The monoisotopic (exact) mass is 394 g/mol. The Labute approximate surface area is 173 Å². The topological polar surface area (TPSA) is 42.0 Å². The summed E-state index contributed by atoms with van der Waals surface area (Å²) in [5, 5.41) is 0. The Morgan fingerprint density at radius 1 is 1.03 bits per heavy atom. The van der Waals surface area contributed by atoms with Gasteiger partial charge < -0.3 is 14.4 Å². The number of hydrogen-bond donors (Lipinski definition) is 0. The normalized spacial score (nSPS) is 19.3. The molecule has 0 N–H and O–H groups in total. The summed E-state index contributed by atoms with van der Waals surface area (Å²) in [6, 6.07) is 16.7. The molecule has 1 atom stereocenters. The second-order valence-electron chi connectivity index (χ2n) is 7.97. The molecule has 2 saturated heterocycles. The molecule has 1 amide bonds. The molecule has 0 aliphatic carbocycles. The third kappa shape index (κ3) is 5.17. The maximum absolute atomic E-state index is 12.0. The lowest BCUT2D eigenvalue weighted by molar-refractivity contribution is -0.117. The molecular formula is C24H30N2O3. The Kier molecular flexibility index (Phi) is 6.47. The molecule has 2 aromatic carbocycles. The van der Waals surface area contributed by atoms with E-state index in [1.54, 1.807) is 7.11 Å². The van der Waals surface area contributed by atoms with Gasteiger partial charge in [0.05, 0.1) is 13.2 Å². The van der Waals surface area contributed by atoms with Gasteiger partial charge in [-0.05, 0) is 54.7 Å². The molecule has 0 radical (unpaired) electrons. The van der Waals surface area contributed by atoms with Crippen molar-refractivity contribution >= 4 is 11.6 Å². The highest BCUT2D eigenvalue weighted by atomic mass is 16.5. The summed E-state index contributed by atoms with van der Waals surface area (Å²) in [7, 11) is 1.69. The molecule has 4 rings (SSSR count). The van der Waals surface area contributed by atoms with Crippen LogP contribution in [0.2, 0.25) is 0 Å². The number of ether oxygens (including phenoxy) is 2. The largest absolute Gasteiger partial charge is 0.497 e. The minimum absolute atomic E-state index is 0.234. The summed E-state index contributed by atoms with van der Waals surface area (Å²) in [4.78, 5) is 16.3. The third-order valence-corrected chi connectivity index (χ3v) is 5.78. The van der Waals surface area contributed by atoms with Gasteiger partial charge in [0.15, 0.2) is 0 Å². The average Bonchev–Trinajstić information content (AvgIpc) is 3.41. The van der Waals surface area contributed by atoms with Crippen molar-refractivity contribution < 1.29 is 14.3 Å². The van der Waals surface area contributed by atoms with Gasteiger partial charge in [0.25, 0.3) is 0 Å². The first kappa shape index (κ1) is 19.9. The van der Waals surface area contributed by atoms with E-state index in [1.807, 2.05) is 17.0 Å². The summed E-state index contributed by atoms with van der Waals surface area (Å²) in [5.41, 5.74) is 3.53. The van der Waals surface area contributed by atoms with Crippen LogP contribution in [0.5, 0.6) is 5.75 Å². The second-order valence-corrected chi connectivity index (χ2v) is 7.97. The van der Waals surface area contributed by atoms with E-state index in [0.29, 0.717) is 12.5 Å². The third-order valence-electron chi connectivity index (χ3n) is 5.78. The van der Waals surface area contributed by atoms with E-state index in [9.17, 15) is 4.79 Å². The van der Waals surface area contributed by atoms with Crippen LogP contribution in [0.15, 0.2) is 48.5 Å². The Hall–Kier alpha value is -2.37. The van der Waals surface area contributed by atoms with Crippen LogP contribution in [-0.2, 0) is 22.6 Å². The molecule has 0 bridgehead atoms. The van der Waals surface area contributed by atoms with E-state index in [2.05, 4.69) is 41.3 Å². The maximum atomic E-state index is 12.0. The number of benzene rings is 2. The number of carbonyl (C=O) groups excluding carboxylic acids is 1. The van der Waals surface area contributed by atoms with Crippen molar-refractivity contribution in [1.82, 2.24) is 4.90 Å². The summed E-state index contributed by atoms with van der Waals surface area (Å²) in [6.07, 6.45) is 4.22. The predicted molar refractivity (Wildman–Crippen MR) is 114 cm³/mol. The lowest BCUT2D eigenvalue weighted by atomic mass is 10.1. The van der Waals surface area contributed by atoms with Crippen LogP contribution in [-0.4, -0.2) is 43.7 Å². The predicted octanol–water partition coefficient (Wildman–Crippen LogP) is 4.00. The first-order valence-corrected chi connectivity index (χ1v) is 10.6. The lowest BCUT2D eigenvalue weighted by Gasteiger charge is -2.26. The van der Waals surface area contributed by atoms with E-state index >= 15 is 0 Å². The van der Waals surface area contributed by atoms with Gasteiger partial charge >= 0.3 is 0 Å². The van der Waals surface area contributed by atoms with E-state index in [1.165, 1.54) is 11.1 Å². The zero-order chi connectivity index (χ0) is 20.1. The van der Waals surface area contributed by atoms with Crippen molar-refractivity contribution in [2.75, 3.05) is 31.7 Å². The van der Waals surface area contributed by atoms with Crippen LogP contribution in [0.25, 0.3) is 0 Å². The smallest absolute Gasteiger partial charge is 0.227 e. The van der Waals surface area contributed by atoms with Crippen molar-refractivity contribution in [2.45, 2.75) is 44.9 Å². The van der Waals surface area contributed by atoms with Gasteiger partial charge in [-0.3, -0.25) is 9.69 Å². The Balaban J connectivity index is 1.44. The molecular weight excluding hydrogens is 364 g/mol. The molecule has 0 saturated carbocycles. The van der Waals surface area contributed by atoms with Crippen molar-refractivity contribution in [2.24, 2.45) is 0 Å². The number of rotatable bonds is 8. The van der Waals surface area contributed by atoms with Gasteiger partial charge in [-0.2, -0.15) is 0 Å². The fraction of sp³-hybridized carbons (Fsp3) is 0.458. The number of anilines is 1. The molecule has 5 nitrogen and oxygen atoms in total. The molecule has 5 heteroatoms. The zero-order valence-electron chi connectivity index (χ0n) is 17.2. The zero-order valence-corrected chi connectivity index (χ0v) is 17.2. The van der Waals surface area contributed by atoms with Gasteiger partial charge in [0, 0.05) is 44.9 Å². The number of carbonyl (C=O) groups is 1. The fourth-order valence-electron chi connectivity index (χ4n) is 4.21. The first-order valence-electron chi connectivity index (χ1n) is 10.6. The second kappa shape index (κ2) is 9.42. The molecule has 0 spiro atoms. The Morgan fingerprint density at radius 2 is 1.72 bits per heavy atom. The van der Waals surface area contributed by atoms with Crippen molar-refractivity contribution in [1.29, 1.82) is 0 Å². The van der Waals surface area contributed by atoms with Crippen molar-refractivity contribution in [3.63, 3.8) is 0 Å². The number of methoxy groups -OCH3 is 1. The Morgan fingerprint density at radius 3 is 2.28 bits per heavy atom. The molecule has 0 aromatic heterocycles. The molecule has 29 heavy (non-hydrogen) atoms. The average molecular weight is 395 g/mol. The first-order chi connectivity index (χ1) is 14.2. The van der Waals surface area contributed by atoms with E-state index in [4.69, 9.17) is 9.47 Å². The van der Waals surface area contributed by atoms with Gasteiger partial charge in [0.2, 0.25) is 5.91 Å². The van der Waals surface area contributed by atoms with Gasteiger partial charge in [0.1, 0.15) is 5.75 Å². The highest BCUT2D eigenvalue weighted by Gasteiger charge is 2.22. The van der Waals surface area contributed by atoms with Crippen LogP contribution in [0, 0.1) is 0 Å². The molecule has 154 valence electrons. The fourth-order valence-corrected chi connectivity index (χ4v) is 4.21. The van der Waals surface area contributed by atoms with E-state index in [0.717, 1.165) is 63.5 Å². The molecule has 2 aromatic rings. The standard InChI is InChI=1S/C24H30N2O3/c1-28-22-12-8-20(9-13-22)17-25(18-23-4-3-15-29-23)16-19-6-10-21(11-7-19)26-14-2-5-24(26)27/h6-13,23H,2-5,14-18H2,1H3. The molecule has 1 unspecified atom stereocenters. The minimum atomic E-state index is 0.234. The van der Waals surface area contributed by atoms with Crippen LogP contribution >= 0.6 is 0 Å². The van der Waals surface area contributed by atoms with Gasteiger partial charge in [-0.15, -0.1) is 0 Å². The lowest BCUT2D eigenvalue weighted by Crippen LogP contribution is -2.31. The van der Waals surface area contributed by atoms with Gasteiger partial charge in [-0.25, -0.2) is 0 Å². The number of nitrogens with zero attached hydrogens (tertiary/aromatic N) is 2. The highest BCUT2D eigenvalue weighted by Crippen LogP contribution is 2.23. The Bertz CT molecular complexity index is 798. The highest BCUT2D eigenvalue weighted by molar-refractivity contribution is 5.95. The summed E-state index contributed by atoms with van der Waals surface area (Å²) in [5.74, 6) is 1.11. The van der Waals surface area contributed by atoms with Crippen LogP contribution in [0.3, 0.4) is 0 Å². The molecule has 2 fully saturated rings. The van der Waals surface area contributed by atoms with Crippen LogP contribution in [0.1, 0.15) is 36.8 Å². The number of hydrogen-bond acceptors (Lipinski definition) is 4. The van der Waals surface area contributed by atoms with Crippen molar-refractivity contribution in [3.05, 3.63) is 59.7 Å². The molecule has 2 aliphatic heterocycles. The van der Waals surface area contributed by atoms with Crippen molar-refractivity contribution in [3.8, 4) is 5.75 Å².